The van der Waals surface area contributed by atoms with Gasteiger partial charge in [-0.15, -0.1) is 0 Å². The number of carboxylic acid groups (broad SMARTS) is 2. The van der Waals surface area contributed by atoms with Crippen molar-refractivity contribution in [3.63, 3.8) is 0 Å². The van der Waals surface area contributed by atoms with Crippen LogP contribution in [0.15, 0.2) is 0 Å². The molecule has 0 N–H and O–H groups in total. The second-order valence-electron chi connectivity index (χ2n) is 23.4. The van der Waals surface area contributed by atoms with E-state index in [0.717, 1.165) is 89.9 Å². The molecule has 0 bridgehead atoms. The van der Waals surface area contributed by atoms with Crippen molar-refractivity contribution < 1.29 is 38.9 Å². The zero-order valence-corrected chi connectivity index (χ0v) is 54.3. The fourth-order valence-electron chi connectivity index (χ4n) is 10.6. The molecule has 0 saturated carbocycles. The number of hydrogen-bond donors (Lipinski definition) is 0. The number of ether oxygens (including phenoxy) is 2. The van der Waals surface area contributed by atoms with Crippen LogP contribution in [0.4, 0.5) is 0 Å². The Hall–Kier alpha value is -0.860. The molecule has 0 aromatic carbocycles. The number of hydrogen-bond acceptors (Lipinski definition) is 8. The molecule has 452 valence electrons. The third-order valence-corrected chi connectivity index (χ3v) is 15.6. The van der Waals surface area contributed by atoms with Gasteiger partial charge in [0.1, 0.15) is 12.2 Å². The van der Waals surface area contributed by atoms with Gasteiger partial charge < -0.3 is 29.3 Å². The van der Waals surface area contributed by atoms with Crippen LogP contribution < -0.4 is 10.2 Å². The molecule has 0 amide bonds. The molecule has 0 aromatic heterocycles. The van der Waals surface area contributed by atoms with Crippen LogP contribution in [-0.2, 0) is 28.7 Å². The van der Waals surface area contributed by atoms with Crippen LogP contribution >= 0.6 is 0 Å². The molecular weight excluding hydrogens is 985 g/mol. The number of esters is 2. The summed E-state index contributed by atoms with van der Waals surface area (Å²) in [7, 11) is 0. The molecule has 0 rings (SSSR count). The van der Waals surface area contributed by atoms with Crippen LogP contribution in [0.5, 0.6) is 0 Å². The molecule has 0 spiro atoms. The predicted molar refractivity (Wildman–Crippen MR) is 326 cm³/mol. The summed E-state index contributed by atoms with van der Waals surface area (Å²) in [4.78, 5) is 46.2. The molecule has 0 aromatic rings. The molecule has 77 heavy (non-hydrogen) atoms. The van der Waals surface area contributed by atoms with Gasteiger partial charge >= 0.3 is 49.7 Å². The number of unbranched alkanes of at least 4 members (excludes halogenated alkanes) is 44. The van der Waals surface area contributed by atoms with Gasteiger partial charge in [0, 0.05) is 24.8 Å². The zero-order valence-electron chi connectivity index (χ0n) is 52.1. The molecule has 9 heteroatoms. The van der Waals surface area contributed by atoms with Crippen LogP contribution in [0.1, 0.15) is 400 Å². The number of carbonyl (C=O) groups is 4. The Morgan fingerprint density at radius 3 is 0.597 bits per heavy atom. The van der Waals surface area contributed by atoms with E-state index in [-0.39, 0.29) is 74.7 Å². The van der Waals surface area contributed by atoms with Crippen LogP contribution in [0, 0.1) is 0 Å². The molecule has 0 fully saturated rings. The van der Waals surface area contributed by atoms with Crippen LogP contribution in [-0.4, -0.2) is 73.8 Å². The summed E-state index contributed by atoms with van der Waals surface area (Å²) >= 11 is 0. The first-order valence-corrected chi connectivity index (χ1v) is 34.0. The van der Waals surface area contributed by atoms with Crippen molar-refractivity contribution in [2.45, 2.75) is 412 Å². The molecule has 0 heterocycles. The van der Waals surface area contributed by atoms with Gasteiger partial charge in [-0.1, -0.05) is 297 Å². The summed E-state index contributed by atoms with van der Waals surface area (Å²) in [6.45, 7) is 9.05. The van der Waals surface area contributed by atoms with E-state index in [9.17, 15) is 29.4 Å². The summed E-state index contributed by atoms with van der Waals surface area (Å²) in [6.07, 6.45) is 67.0. The van der Waals surface area contributed by atoms with E-state index in [1.807, 2.05) is 0 Å². The Balaban J connectivity index is -0.00000140. The van der Waals surface area contributed by atoms with E-state index < -0.39 is 11.9 Å². The second kappa shape index (κ2) is 69.4. The SMILES string of the molecule is CCCCCCCCCCCCCCCC(=O)OC(CCCCCCCCCCC)CCCCCC(=O)[O-].CCCCCCCCCCCCCCCC(=O)OC(CCCCCCCCCCC)CCCCCC(=O)[O-].[Ca+2]. The van der Waals surface area contributed by atoms with E-state index in [4.69, 9.17) is 9.47 Å². The van der Waals surface area contributed by atoms with Gasteiger partial charge in [0.25, 0.3) is 0 Å². The normalized spacial score (nSPS) is 11.9. The number of rotatable bonds is 62. The predicted octanol–water partition coefficient (Wildman–Crippen LogP) is 19.6. The minimum atomic E-state index is -0.972. The van der Waals surface area contributed by atoms with Crippen molar-refractivity contribution in [3.05, 3.63) is 0 Å². The fourth-order valence-corrected chi connectivity index (χ4v) is 10.6. The first-order valence-electron chi connectivity index (χ1n) is 34.0. The monoisotopic (exact) mass is 1110 g/mol. The molecule has 0 aliphatic rings. The van der Waals surface area contributed by atoms with Gasteiger partial charge in [-0.05, 0) is 89.9 Å². The quantitative estimate of drug-likeness (QED) is 0.0334. The third kappa shape index (κ3) is 71.2. The van der Waals surface area contributed by atoms with Gasteiger partial charge in [0.15, 0.2) is 0 Å². The maximum absolute atomic E-state index is 12.5. The molecule has 0 saturated heterocycles. The third-order valence-electron chi connectivity index (χ3n) is 15.6. The Labute approximate surface area is 509 Å². The molecule has 2 unspecified atom stereocenters. The summed E-state index contributed by atoms with van der Waals surface area (Å²) < 4.78 is 11.8. The zero-order chi connectivity index (χ0) is 55.9. The van der Waals surface area contributed by atoms with Gasteiger partial charge in [-0.2, -0.15) is 0 Å². The number of carboxylic acids is 2. The van der Waals surface area contributed by atoms with Crippen molar-refractivity contribution in [1.29, 1.82) is 0 Å². The minimum Gasteiger partial charge on any atom is -0.550 e. The topological polar surface area (TPSA) is 133 Å². The first kappa shape index (κ1) is 80.4. The Bertz CT molecular complexity index is 1110. The number of aliphatic carboxylic acids is 2. The van der Waals surface area contributed by atoms with E-state index in [2.05, 4.69) is 27.7 Å². The number of carbonyl (C=O) groups excluding carboxylic acids is 4. The van der Waals surface area contributed by atoms with E-state index >= 15 is 0 Å². The summed E-state index contributed by atoms with van der Waals surface area (Å²) in [6, 6.07) is 0. The Morgan fingerprint density at radius 2 is 0.403 bits per heavy atom. The Kier molecular flexibility index (Phi) is 72.4. The first-order chi connectivity index (χ1) is 37.2. The molecular formula is C68H130CaO8. The maximum Gasteiger partial charge on any atom is 2.00 e. The molecule has 0 aliphatic heterocycles. The van der Waals surface area contributed by atoms with Gasteiger partial charge in [-0.25, -0.2) is 0 Å². The molecule has 0 aliphatic carbocycles. The Morgan fingerprint density at radius 1 is 0.247 bits per heavy atom. The van der Waals surface area contributed by atoms with Crippen molar-refractivity contribution in [3.8, 4) is 0 Å². The molecule has 0 radical (unpaired) electrons. The fraction of sp³-hybridized carbons (Fsp3) is 0.941. The van der Waals surface area contributed by atoms with Crippen LogP contribution in [0.3, 0.4) is 0 Å². The average Bonchev–Trinajstić information content (AvgIpc) is 3.39. The smallest absolute Gasteiger partial charge is 0.550 e. The van der Waals surface area contributed by atoms with Crippen LogP contribution in [0.2, 0.25) is 0 Å². The summed E-state index contributed by atoms with van der Waals surface area (Å²) in [5, 5.41) is 21.3. The maximum atomic E-state index is 12.5. The summed E-state index contributed by atoms with van der Waals surface area (Å²) in [5.41, 5.74) is 0. The van der Waals surface area contributed by atoms with Gasteiger partial charge in [0.05, 0.1) is 0 Å². The van der Waals surface area contributed by atoms with Crippen molar-refractivity contribution in [2.75, 3.05) is 0 Å². The molecule has 2 atom stereocenters. The minimum absolute atomic E-state index is 0. The largest absolute Gasteiger partial charge is 2.00 e. The van der Waals surface area contributed by atoms with E-state index in [1.165, 1.54) is 244 Å². The summed E-state index contributed by atoms with van der Waals surface area (Å²) in [5.74, 6) is -2.02. The van der Waals surface area contributed by atoms with Crippen molar-refractivity contribution in [1.82, 2.24) is 0 Å². The molecule has 8 nitrogen and oxygen atoms in total. The van der Waals surface area contributed by atoms with Crippen LogP contribution in [0.25, 0.3) is 0 Å². The van der Waals surface area contributed by atoms with Gasteiger partial charge in [-0.3, -0.25) is 9.59 Å². The second-order valence-corrected chi connectivity index (χ2v) is 23.4. The average molecular weight is 1120 g/mol. The standard InChI is InChI=1S/2C34H66O4.Ca/c2*1-3-5-7-9-11-13-14-15-16-18-20-22-27-31-34(37)38-32(29-25-23-26-30-33(35)36)28-24-21-19-17-12-10-8-6-4-2;/h2*32H,3-31H2,1-2H3,(H,35,36);/q;;+2/p-2. The van der Waals surface area contributed by atoms with E-state index in [0.29, 0.717) is 25.7 Å². The van der Waals surface area contributed by atoms with Gasteiger partial charge in [0.2, 0.25) is 0 Å². The van der Waals surface area contributed by atoms with Crippen molar-refractivity contribution in [2.24, 2.45) is 0 Å². The van der Waals surface area contributed by atoms with E-state index in [1.54, 1.807) is 0 Å². The van der Waals surface area contributed by atoms with Crippen molar-refractivity contribution >= 4 is 61.6 Å².